The van der Waals surface area contributed by atoms with Gasteiger partial charge in [-0.3, -0.25) is 0 Å². The number of isocyanates is 1. The Bertz CT molecular complexity index is 171. The van der Waals surface area contributed by atoms with Crippen LogP contribution in [0.3, 0.4) is 0 Å². The SMILES string of the molecule is CC=CC(CCOC)CN=C=O. The molecule has 0 aliphatic carbocycles. The molecule has 0 spiro atoms. The molecule has 0 heterocycles. The maximum absolute atomic E-state index is 9.84. The van der Waals surface area contributed by atoms with Crippen molar-refractivity contribution in [3.05, 3.63) is 12.2 Å². The summed E-state index contributed by atoms with van der Waals surface area (Å²) in [6.07, 6.45) is 6.41. The largest absolute Gasteiger partial charge is 0.385 e. The molecule has 0 N–H and O–H groups in total. The van der Waals surface area contributed by atoms with Gasteiger partial charge in [-0.05, 0) is 19.3 Å². The number of nitrogens with zero attached hydrogens (tertiary/aromatic N) is 1. The van der Waals surface area contributed by atoms with Crippen molar-refractivity contribution in [3.8, 4) is 0 Å². The number of methoxy groups -OCH3 is 1. The predicted molar refractivity (Wildman–Crippen MR) is 47.8 cm³/mol. The molecule has 0 aromatic carbocycles. The monoisotopic (exact) mass is 169 g/mol. The minimum Gasteiger partial charge on any atom is -0.385 e. The Balaban J connectivity index is 3.76. The fourth-order valence-corrected chi connectivity index (χ4v) is 0.944. The molecule has 12 heavy (non-hydrogen) atoms. The number of ether oxygens (including phenoxy) is 1. The molecule has 3 nitrogen and oxygen atoms in total. The lowest BCUT2D eigenvalue weighted by atomic mass is 10.1. The Morgan fingerprint density at radius 3 is 2.92 bits per heavy atom. The van der Waals surface area contributed by atoms with Crippen LogP contribution in [0, 0.1) is 5.92 Å². The first-order chi connectivity index (χ1) is 5.85. The molecule has 0 fully saturated rings. The van der Waals surface area contributed by atoms with Crippen LogP contribution in [0.4, 0.5) is 0 Å². The molecule has 0 saturated carbocycles. The van der Waals surface area contributed by atoms with Crippen molar-refractivity contribution in [2.24, 2.45) is 10.9 Å². The van der Waals surface area contributed by atoms with Crippen LogP contribution in [0.25, 0.3) is 0 Å². The third-order valence-corrected chi connectivity index (χ3v) is 1.55. The van der Waals surface area contributed by atoms with Gasteiger partial charge in [0.25, 0.3) is 0 Å². The van der Waals surface area contributed by atoms with E-state index in [0.717, 1.165) is 6.42 Å². The summed E-state index contributed by atoms with van der Waals surface area (Å²) in [5.41, 5.74) is 0. The van der Waals surface area contributed by atoms with Crippen LogP contribution < -0.4 is 0 Å². The van der Waals surface area contributed by atoms with E-state index in [-0.39, 0.29) is 0 Å². The Hall–Kier alpha value is -0.920. The van der Waals surface area contributed by atoms with Gasteiger partial charge in [-0.25, -0.2) is 9.79 Å². The summed E-state index contributed by atoms with van der Waals surface area (Å²) in [5.74, 6) is 0.302. The fraction of sp³-hybridized carbons (Fsp3) is 0.667. The molecular formula is C9H15NO2. The molecule has 0 saturated heterocycles. The number of aliphatic imine (C=N–C) groups is 1. The van der Waals surface area contributed by atoms with Gasteiger partial charge in [-0.1, -0.05) is 12.2 Å². The molecule has 0 aromatic rings. The number of hydrogen-bond acceptors (Lipinski definition) is 3. The normalized spacial score (nSPS) is 12.8. The van der Waals surface area contributed by atoms with E-state index < -0.39 is 0 Å². The van der Waals surface area contributed by atoms with E-state index in [9.17, 15) is 4.79 Å². The highest BCUT2D eigenvalue weighted by atomic mass is 16.5. The van der Waals surface area contributed by atoms with Crippen molar-refractivity contribution in [2.45, 2.75) is 13.3 Å². The third-order valence-electron chi connectivity index (χ3n) is 1.55. The molecular weight excluding hydrogens is 154 g/mol. The molecule has 0 aliphatic rings. The van der Waals surface area contributed by atoms with Gasteiger partial charge in [-0.15, -0.1) is 0 Å². The summed E-state index contributed by atoms with van der Waals surface area (Å²) in [4.78, 5) is 13.4. The van der Waals surface area contributed by atoms with E-state index in [2.05, 4.69) is 4.99 Å². The third kappa shape index (κ3) is 5.83. The van der Waals surface area contributed by atoms with Crippen molar-refractivity contribution < 1.29 is 9.53 Å². The van der Waals surface area contributed by atoms with Crippen LogP contribution in [-0.2, 0) is 9.53 Å². The van der Waals surface area contributed by atoms with Crippen LogP contribution in [0.2, 0.25) is 0 Å². The Morgan fingerprint density at radius 1 is 1.67 bits per heavy atom. The van der Waals surface area contributed by atoms with Crippen molar-refractivity contribution in [1.82, 2.24) is 0 Å². The van der Waals surface area contributed by atoms with E-state index in [4.69, 9.17) is 4.74 Å². The average Bonchev–Trinajstić information content (AvgIpc) is 2.10. The molecule has 0 aromatic heterocycles. The van der Waals surface area contributed by atoms with Gasteiger partial charge >= 0.3 is 0 Å². The maximum atomic E-state index is 9.84. The molecule has 0 aliphatic heterocycles. The van der Waals surface area contributed by atoms with E-state index in [1.807, 2.05) is 19.1 Å². The summed E-state index contributed by atoms with van der Waals surface area (Å²) in [6.45, 7) is 3.16. The number of rotatable bonds is 6. The van der Waals surface area contributed by atoms with Crippen molar-refractivity contribution in [3.63, 3.8) is 0 Å². The predicted octanol–water partition coefficient (Wildman–Crippen LogP) is 1.55. The zero-order chi connectivity index (χ0) is 9.23. The summed E-state index contributed by atoms with van der Waals surface area (Å²) >= 11 is 0. The Morgan fingerprint density at radius 2 is 2.42 bits per heavy atom. The second-order valence-corrected chi connectivity index (χ2v) is 2.50. The van der Waals surface area contributed by atoms with Gasteiger partial charge < -0.3 is 4.74 Å². The van der Waals surface area contributed by atoms with Crippen LogP contribution in [0.5, 0.6) is 0 Å². The second kappa shape index (κ2) is 8.18. The lowest BCUT2D eigenvalue weighted by Gasteiger charge is -2.06. The summed E-state index contributed by atoms with van der Waals surface area (Å²) in [5, 5.41) is 0. The zero-order valence-corrected chi connectivity index (χ0v) is 7.62. The fourth-order valence-electron chi connectivity index (χ4n) is 0.944. The minimum atomic E-state index is 0.302. The lowest BCUT2D eigenvalue weighted by Crippen LogP contribution is -2.04. The lowest BCUT2D eigenvalue weighted by molar-refractivity contribution is 0.185. The van der Waals surface area contributed by atoms with Crippen LogP contribution >= 0.6 is 0 Å². The maximum Gasteiger partial charge on any atom is 0.234 e. The molecule has 0 radical (unpaired) electrons. The van der Waals surface area contributed by atoms with E-state index in [0.29, 0.717) is 19.1 Å². The topological polar surface area (TPSA) is 38.7 Å². The summed E-state index contributed by atoms with van der Waals surface area (Å²) < 4.78 is 4.92. The van der Waals surface area contributed by atoms with Crippen molar-refractivity contribution in [1.29, 1.82) is 0 Å². The first kappa shape index (κ1) is 11.1. The standard InChI is InChI=1S/C9H15NO2/c1-3-4-9(5-6-12-2)7-10-8-11/h3-4,9H,5-7H2,1-2H3. The Labute approximate surface area is 73.1 Å². The van der Waals surface area contributed by atoms with Crippen molar-refractivity contribution in [2.75, 3.05) is 20.3 Å². The van der Waals surface area contributed by atoms with Gasteiger partial charge in [0.05, 0.1) is 6.54 Å². The number of hydrogen-bond donors (Lipinski definition) is 0. The molecule has 0 rings (SSSR count). The molecule has 0 bridgehead atoms. The minimum absolute atomic E-state index is 0.302. The van der Waals surface area contributed by atoms with E-state index in [1.54, 1.807) is 7.11 Å². The van der Waals surface area contributed by atoms with Gasteiger partial charge in [0, 0.05) is 13.7 Å². The molecule has 1 unspecified atom stereocenters. The highest BCUT2D eigenvalue weighted by molar-refractivity contribution is 5.32. The number of carbonyl (C=O) groups excluding carboxylic acids is 1. The Kier molecular flexibility index (Phi) is 7.55. The molecule has 0 amide bonds. The highest BCUT2D eigenvalue weighted by Gasteiger charge is 2.02. The molecule has 68 valence electrons. The molecule has 1 atom stereocenters. The average molecular weight is 169 g/mol. The molecule has 3 heteroatoms. The van der Waals surface area contributed by atoms with Crippen molar-refractivity contribution >= 4 is 6.08 Å². The summed E-state index contributed by atoms with van der Waals surface area (Å²) in [7, 11) is 1.66. The van der Waals surface area contributed by atoms with Crippen LogP contribution in [0.15, 0.2) is 17.1 Å². The first-order valence-corrected chi connectivity index (χ1v) is 4.00. The number of allylic oxidation sites excluding steroid dienone is 1. The quantitative estimate of drug-likeness (QED) is 0.344. The van der Waals surface area contributed by atoms with E-state index in [1.165, 1.54) is 6.08 Å². The zero-order valence-electron chi connectivity index (χ0n) is 7.62. The van der Waals surface area contributed by atoms with Gasteiger partial charge in [0.2, 0.25) is 6.08 Å². The van der Waals surface area contributed by atoms with Crippen LogP contribution in [-0.4, -0.2) is 26.3 Å². The second-order valence-electron chi connectivity index (χ2n) is 2.50. The van der Waals surface area contributed by atoms with Gasteiger partial charge in [-0.2, -0.15) is 0 Å². The van der Waals surface area contributed by atoms with E-state index >= 15 is 0 Å². The van der Waals surface area contributed by atoms with Crippen LogP contribution in [0.1, 0.15) is 13.3 Å². The highest BCUT2D eigenvalue weighted by Crippen LogP contribution is 2.05. The first-order valence-electron chi connectivity index (χ1n) is 4.00. The van der Waals surface area contributed by atoms with Gasteiger partial charge in [0.1, 0.15) is 0 Å². The van der Waals surface area contributed by atoms with Gasteiger partial charge in [0.15, 0.2) is 0 Å². The smallest absolute Gasteiger partial charge is 0.234 e. The summed E-state index contributed by atoms with van der Waals surface area (Å²) in [6, 6.07) is 0.